The lowest BCUT2D eigenvalue weighted by molar-refractivity contribution is 0.166. The Labute approximate surface area is 89.4 Å². The molecule has 0 radical (unpaired) electrons. The molecule has 1 aliphatic rings. The lowest BCUT2D eigenvalue weighted by Gasteiger charge is -2.32. The number of nitrogens with two attached hydrogens (primary N) is 1. The highest BCUT2D eigenvalue weighted by Crippen LogP contribution is 2.14. The fourth-order valence-electron chi connectivity index (χ4n) is 2.02. The van der Waals surface area contributed by atoms with Gasteiger partial charge in [0.1, 0.15) is 5.82 Å². The fourth-order valence-corrected chi connectivity index (χ4v) is 2.02. The lowest BCUT2D eigenvalue weighted by atomic mass is 10.1. The average molecular weight is 207 g/mol. The highest BCUT2D eigenvalue weighted by molar-refractivity contribution is 5.77. The minimum absolute atomic E-state index is 0.261. The average Bonchev–Trinajstić information content (AvgIpc) is 2.62. The lowest BCUT2D eigenvalue weighted by Crippen LogP contribution is -2.41. The van der Waals surface area contributed by atoms with Crippen LogP contribution in [0.25, 0.3) is 0 Å². The first-order valence-corrected chi connectivity index (χ1v) is 5.24. The van der Waals surface area contributed by atoms with Crippen LogP contribution in [0.2, 0.25) is 0 Å². The smallest absolute Gasteiger partial charge is 0.122 e. The van der Waals surface area contributed by atoms with Gasteiger partial charge in [-0.05, 0) is 6.92 Å². The molecule has 3 N–H and O–H groups in total. The van der Waals surface area contributed by atoms with E-state index in [4.69, 9.17) is 11.1 Å². The van der Waals surface area contributed by atoms with E-state index in [1.54, 1.807) is 0 Å². The van der Waals surface area contributed by atoms with Gasteiger partial charge in [0.2, 0.25) is 0 Å². The van der Waals surface area contributed by atoms with Crippen molar-refractivity contribution < 1.29 is 0 Å². The third-order valence-electron chi connectivity index (χ3n) is 2.91. The molecule has 1 unspecified atom stereocenters. The first-order valence-electron chi connectivity index (χ1n) is 5.24. The second-order valence-corrected chi connectivity index (χ2v) is 4.09. The van der Waals surface area contributed by atoms with Gasteiger partial charge in [0, 0.05) is 37.9 Å². The van der Waals surface area contributed by atoms with Gasteiger partial charge in [-0.25, -0.2) is 4.98 Å². The minimum atomic E-state index is 0.261. The van der Waals surface area contributed by atoms with Crippen molar-refractivity contribution >= 4 is 5.84 Å². The van der Waals surface area contributed by atoms with Gasteiger partial charge in [0.25, 0.3) is 0 Å². The highest BCUT2D eigenvalue weighted by atomic mass is 15.2. The van der Waals surface area contributed by atoms with Crippen LogP contribution >= 0.6 is 0 Å². The summed E-state index contributed by atoms with van der Waals surface area (Å²) < 4.78 is 2.18. The Kier molecular flexibility index (Phi) is 2.73. The summed E-state index contributed by atoms with van der Waals surface area (Å²) in [5.74, 6) is 1.37. The van der Waals surface area contributed by atoms with Gasteiger partial charge in [-0.3, -0.25) is 10.3 Å². The zero-order valence-electron chi connectivity index (χ0n) is 8.98. The summed E-state index contributed by atoms with van der Waals surface area (Å²) >= 11 is 0. The predicted octanol–water partition coefficient (Wildman–Crippen LogP) is 0.413. The molecular formula is C10H17N5. The minimum Gasteiger partial charge on any atom is -0.388 e. The molecule has 82 valence electrons. The van der Waals surface area contributed by atoms with E-state index < -0.39 is 0 Å². The zero-order valence-corrected chi connectivity index (χ0v) is 8.98. The summed E-state index contributed by atoms with van der Waals surface area (Å²) in [5.41, 5.74) is 5.41. The van der Waals surface area contributed by atoms with E-state index in [0.717, 1.165) is 25.5 Å². The van der Waals surface area contributed by atoms with Gasteiger partial charge >= 0.3 is 0 Å². The molecule has 1 aromatic rings. The van der Waals surface area contributed by atoms with Crippen molar-refractivity contribution in [3.05, 3.63) is 18.2 Å². The summed E-state index contributed by atoms with van der Waals surface area (Å²) in [6.45, 7) is 4.97. The summed E-state index contributed by atoms with van der Waals surface area (Å²) in [6.07, 6.45) is 4.50. The van der Waals surface area contributed by atoms with E-state index in [2.05, 4.69) is 21.4 Å². The predicted molar refractivity (Wildman–Crippen MR) is 58.6 cm³/mol. The number of fused-ring (bicyclic) bond motifs is 1. The maximum absolute atomic E-state index is 7.29. The van der Waals surface area contributed by atoms with E-state index in [1.807, 2.05) is 12.4 Å². The summed E-state index contributed by atoms with van der Waals surface area (Å²) in [5, 5.41) is 7.29. The van der Waals surface area contributed by atoms with Gasteiger partial charge in [-0.1, -0.05) is 0 Å². The molecule has 15 heavy (non-hydrogen) atoms. The molecule has 1 aliphatic heterocycles. The number of hydrogen-bond acceptors (Lipinski definition) is 3. The summed E-state index contributed by atoms with van der Waals surface area (Å²) in [4.78, 5) is 6.63. The fraction of sp³-hybridized carbons (Fsp3) is 0.600. The number of nitrogens with one attached hydrogen (secondary N) is 1. The van der Waals surface area contributed by atoms with Crippen LogP contribution in [-0.2, 0) is 13.1 Å². The standard InChI is InChI=1S/C10H17N5/c1-8(6-9(11)12)15-5-4-14-3-2-13-10(14)7-15/h2-3,8H,4-7H2,1H3,(H3,11,12). The Morgan fingerprint density at radius 1 is 1.67 bits per heavy atom. The van der Waals surface area contributed by atoms with Gasteiger partial charge < -0.3 is 10.3 Å². The second kappa shape index (κ2) is 4.02. The molecule has 2 rings (SSSR count). The largest absolute Gasteiger partial charge is 0.388 e. The molecule has 0 amide bonds. The van der Waals surface area contributed by atoms with Crippen LogP contribution in [0.5, 0.6) is 0 Å². The molecule has 2 heterocycles. The van der Waals surface area contributed by atoms with Crippen LogP contribution in [0.15, 0.2) is 12.4 Å². The maximum Gasteiger partial charge on any atom is 0.122 e. The van der Waals surface area contributed by atoms with E-state index in [1.165, 1.54) is 0 Å². The molecule has 0 saturated heterocycles. The number of amidine groups is 1. The van der Waals surface area contributed by atoms with E-state index in [-0.39, 0.29) is 5.84 Å². The summed E-state index contributed by atoms with van der Waals surface area (Å²) in [7, 11) is 0. The number of aromatic nitrogens is 2. The van der Waals surface area contributed by atoms with E-state index in [9.17, 15) is 0 Å². The SMILES string of the molecule is CC(CC(=N)N)N1CCn2ccnc2C1. The highest BCUT2D eigenvalue weighted by Gasteiger charge is 2.21. The number of rotatable bonds is 3. The van der Waals surface area contributed by atoms with Gasteiger partial charge in [0.15, 0.2) is 0 Å². The Morgan fingerprint density at radius 2 is 2.47 bits per heavy atom. The van der Waals surface area contributed by atoms with E-state index >= 15 is 0 Å². The molecule has 0 aliphatic carbocycles. The van der Waals surface area contributed by atoms with Crippen molar-refractivity contribution in [2.45, 2.75) is 32.5 Å². The van der Waals surface area contributed by atoms with Crippen molar-refractivity contribution in [2.24, 2.45) is 5.73 Å². The Bertz CT molecular complexity index is 356. The molecule has 0 aromatic carbocycles. The van der Waals surface area contributed by atoms with Crippen molar-refractivity contribution in [3.63, 3.8) is 0 Å². The van der Waals surface area contributed by atoms with Crippen molar-refractivity contribution in [1.82, 2.24) is 14.5 Å². The first-order chi connectivity index (χ1) is 7.16. The molecule has 0 bridgehead atoms. The normalized spacial score (nSPS) is 18.5. The first kappa shape index (κ1) is 10.2. The van der Waals surface area contributed by atoms with Crippen LogP contribution in [-0.4, -0.2) is 32.9 Å². The number of hydrogen-bond donors (Lipinski definition) is 2. The topological polar surface area (TPSA) is 70.9 Å². The quantitative estimate of drug-likeness (QED) is 0.557. The zero-order chi connectivity index (χ0) is 10.8. The molecule has 1 aromatic heterocycles. The van der Waals surface area contributed by atoms with Crippen LogP contribution in [0.1, 0.15) is 19.2 Å². The monoisotopic (exact) mass is 207 g/mol. The Hall–Kier alpha value is -1.36. The van der Waals surface area contributed by atoms with E-state index in [0.29, 0.717) is 12.5 Å². The maximum atomic E-state index is 7.29. The summed E-state index contributed by atoms with van der Waals surface area (Å²) in [6, 6.07) is 0.327. The van der Waals surface area contributed by atoms with Crippen molar-refractivity contribution in [1.29, 1.82) is 5.41 Å². The number of nitrogens with zero attached hydrogens (tertiary/aromatic N) is 3. The molecule has 0 saturated carbocycles. The molecular weight excluding hydrogens is 190 g/mol. The molecule has 0 spiro atoms. The second-order valence-electron chi connectivity index (χ2n) is 4.09. The third-order valence-corrected chi connectivity index (χ3v) is 2.91. The van der Waals surface area contributed by atoms with Gasteiger partial charge in [-0.15, -0.1) is 0 Å². The van der Waals surface area contributed by atoms with Crippen LogP contribution in [0.3, 0.4) is 0 Å². The molecule has 1 atom stereocenters. The Morgan fingerprint density at radius 3 is 3.20 bits per heavy atom. The molecule has 5 heteroatoms. The van der Waals surface area contributed by atoms with Crippen molar-refractivity contribution in [2.75, 3.05) is 6.54 Å². The third kappa shape index (κ3) is 2.18. The van der Waals surface area contributed by atoms with Crippen LogP contribution in [0.4, 0.5) is 0 Å². The van der Waals surface area contributed by atoms with Gasteiger partial charge in [-0.2, -0.15) is 0 Å². The molecule has 0 fully saturated rings. The van der Waals surface area contributed by atoms with Crippen LogP contribution in [0, 0.1) is 5.41 Å². The van der Waals surface area contributed by atoms with Gasteiger partial charge in [0.05, 0.1) is 12.4 Å². The van der Waals surface area contributed by atoms with Crippen molar-refractivity contribution in [3.8, 4) is 0 Å². The molecule has 5 nitrogen and oxygen atoms in total. The number of imidazole rings is 1. The van der Waals surface area contributed by atoms with Crippen LogP contribution < -0.4 is 5.73 Å². The Balaban J connectivity index is 2.00.